The number of esters is 1. The van der Waals surface area contributed by atoms with E-state index < -0.39 is 59.0 Å². The summed E-state index contributed by atoms with van der Waals surface area (Å²) in [6, 6.07) is -6.67. The Morgan fingerprint density at radius 2 is 2.47 bits per heavy atom. The Labute approximate surface area is 111 Å². The minimum Gasteiger partial charge on any atom is -0.504 e. The molecule has 0 fully saturated rings. The van der Waals surface area contributed by atoms with Crippen LogP contribution < -0.4 is 5.72 Å². The van der Waals surface area contributed by atoms with E-state index in [0.717, 1.165) is 0 Å². The van der Waals surface area contributed by atoms with Crippen LogP contribution in [0.1, 0.15) is 25.4 Å². The smallest absolute Gasteiger partial charge is 0.325 e. The normalized spacial score (nSPS) is 25.0. The van der Waals surface area contributed by atoms with Gasteiger partial charge >= 0.3 is 5.97 Å². The van der Waals surface area contributed by atoms with Gasteiger partial charge in [-0.05, 0) is 24.6 Å². The van der Waals surface area contributed by atoms with Crippen LogP contribution in [0.3, 0.4) is 0 Å². The van der Waals surface area contributed by atoms with Crippen molar-refractivity contribution in [1.82, 2.24) is 0 Å². The Kier molecular flexibility index (Phi) is 1.70. The molecule has 1 aromatic carbocycles. The monoisotopic (exact) mass is 250 g/mol. The van der Waals surface area contributed by atoms with E-state index in [1.54, 1.807) is 0 Å². The number of aromatic hydroxyl groups is 2. The van der Waals surface area contributed by atoms with Crippen molar-refractivity contribution in [1.29, 1.82) is 2.86 Å². The fourth-order valence-corrected chi connectivity index (χ4v) is 0.911. The van der Waals surface area contributed by atoms with Gasteiger partial charge in [0.15, 0.2) is 11.5 Å². The molecule has 0 aromatic heterocycles. The summed E-state index contributed by atoms with van der Waals surface area (Å²) in [7, 11) is 0. The number of aliphatic hydroxyl groups is 1. The molecule has 0 bridgehead atoms. The third kappa shape index (κ3) is 3.08. The first-order chi connectivity index (χ1) is 11.9. The molecule has 5 N–H and O–H groups in total. The lowest BCUT2D eigenvalue weighted by atomic mass is 10.0. The number of phenolic OH excluding ortho intramolecular Hbond substituents is 2. The lowest BCUT2D eigenvalue weighted by Crippen LogP contribution is -2.38. The summed E-state index contributed by atoms with van der Waals surface area (Å²) in [5, 5.41) is 18.6. The maximum atomic E-state index is 12.0. The maximum Gasteiger partial charge on any atom is 0.325 e. The van der Waals surface area contributed by atoms with Crippen LogP contribution >= 0.6 is 0 Å². The summed E-state index contributed by atoms with van der Waals surface area (Å²) in [5.41, 5.74) is -1.82. The molecule has 0 aliphatic rings. The predicted molar refractivity (Wildman–Crippen MR) is 59.3 cm³/mol. The molecular formula is C11H15NO5. The van der Waals surface area contributed by atoms with Gasteiger partial charge in [-0.3, -0.25) is 4.79 Å². The molecule has 0 aliphatic carbocycles. The second kappa shape index (κ2) is 5.51. The molecule has 0 radical (unpaired) electrons. The van der Waals surface area contributed by atoms with Crippen molar-refractivity contribution in [2.45, 2.75) is 19.0 Å². The molecule has 1 rings (SSSR count). The van der Waals surface area contributed by atoms with Gasteiger partial charge in [0.2, 0.25) is 0 Å². The SMILES string of the molecule is [2H]Oc1c([2H])c([2H])c(C([2H])(O)C([2H])(C(=O)OCC)N([2H])[2H])c([2H])c1O[2H]. The molecule has 1 aromatic rings. The standard InChI is InChI=1S/C11H15NO5/c1-2-17-11(16)9(12)10(15)6-3-4-7(13)8(14)5-6/h3-5,9-10,13-15H,2,12H2,1H3/i3D,4D,5D,9D,10D/hD4. The summed E-state index contributed by atoms with van der Waals surface area (Å²) in [6.45, 7) is 1.01. The molecule has 6 heteroatoms. The molecule has 0 aliphatic heterocycles. The average Bonchev–Trinajstić information content (AvgIpc) is 2.56. The number of carbonyl (C=O) groups excluding carboxylic acids is 1. The van der Waals surface area contributed by atoms with Crippen LogP contribution in [0.5, 0.6) is 11.5 Å². The van der Waals surface area contributed by atoms with Gasteiger partial charge in [-0.15, -0.1) is 0 Å². The Balaban J connectivity index is 3.86. The first-order valence-electron chi connectivity index (χ1n) is 8.72. The van der Waals surface area contributed by atoms with E-state index >= 15 is 0 Å². The van der Waals surface area contributed by atoms with Gasteiger partial charge in [0, 0.05) is 0 Å². The highest BCUT2D eigenvalue weighted by Crippen LogP contribution is 2.28. The number of hydrogen-bond acceptors (Lipinski definition) is 6. The number of ether oxygens (including phenoxy) is 1. The molecule has 6 nitrogen and oxygen atoms in total. The van der Waals surface area contributed by atoms with Gasteiger partial charge < -0.3 is 25.8 Å². The first-order valence-corrected chi connectivity index (χ1v) is 4.51. The van der Waals surface area contributed by atoms with E-state index in [-0.39, 0.29) is 6.61 Å². The van der Waals surface area contributed by atoms with Gasteiger partial charge in [-0.25, -0.2) is 0 Å². The van der Waals surface area contributed by atoms with E-state index in [4.69, 9.17) is 12.5 Å². The first kappa shape index (κ1) is 5.24. The number of benzene rings is 1. The van der Waals surface area contributed by atoms with Crippen molar-refractivity contribution >= 4 is 5.97 Å². The van der Waals surface area contributed by atoms with Crippen molar-refractivity contribution in [3.63, 3.8) is 0 Å². The zero-order chi connectivity index (χ0) is 20.4. The summed E-state index contributed by atoms with van der Waals surface area (Å²) in [4.78, 5) is 12.0. The third-order valence-corrected chi connectivity index (χ3v) is 1.68. The van der Waals surface area contributed by atoms with E-state index in [9.17, 15) is 9.90 Å². The van der Waals surface area contributed by atoms with Crippen LogP contribution in [0, 0.1) is 0 Å². The second-order valence-corrected chi connectivity index (χ2v) is 2.83. The summed E-state index contributed by atoms with van der Waals surface area (Å²) < 4.78 is 72.1. The van der Waals surface area contributed by atoms with Crippen molar-refractivity contribution in [3.8, 4) is 11.5 Å². The van der Waals surface area contributed by atoms with Crippen molar-refractivity contribution < 1.29 is 34.5 Å². The Bertz CT molecular complexity index is 701. The molecule has 0 spiro atoms. The van der Waals surface area contributed by atoms with E-state index in [1.807, 2.05) is 0 Å². The minimum absolute atomic E-state index is 0.318. The maximum absolute atomic E-state index is 12.0. The molecule has 0 amide bonds. The number of rotatable bonds is 7. The predicted octanol–water partition coefficient (Wildman–Crippen LogP) is 0.0216. The molecule has 2 unspecified atom stereocenters. The summed E-state index contributed by atoms with van der Waals surface area (Å²) in [5.74, 6) is -3.47. The lowest BCUT2D eigenvalue weighted by molar-refractivity contribution is -0.147. The van der Waals surface area contributed by atoms with Crippen LogP contribution in [0.2, 0.25) is 2.82 Å². The van der Waals surface area contributed by atoms with E-state index in [0.29, 0.717) is 0 Å². The number of nitrogens with two attached hydrogens (primary N) is 1. The lowest BCUT2D eigenvalue weighted by Gasteiger charge is -2.17. The summed E-state index contributed by atoms with van der Waals surface area (Å²) >= 11 is 0. The average molecular weight is 250 g/mol. The highest BCUT2D eigenvalue weighted by atomic mass is 16.5. The number of carbonyl (C=O) groups is 1. The summed E-state index contributed by atoms with van der Waals surface area (Å²) in [6.07, 6.45) is -3.64. The number of phenols is 2. The molecule has 94 valence electrons. The van der Waals surface area contributed by atoms with Gasteiger partial charge in [0.1, 0.15) is 14.9 Å². The van der Waals surface area contributed by atoms with E-state index in [2.05, 4.69) is 15.0 Å². The van der Waals surface area contributed by atoms with Gasteiger partial charge in [-0.2, -0.15) is 0 Å². The van der Waals surface area contributed by atoms with Gasteiger partial charge in [-0.1, -0.05) is 6.04 Å². The zero-order valence-corrected chi connectivity index (χ0v) is 8.73. The second-order valence-electron chi connectivity index (χ2n) is 2.83. The van der Waals surface area contributed by atoms with Crippen LogP contribution in [-0.4, -0.2) is 36.8 Å². The Hall–Kier alpha value is -1.79. The molecule has 2 atom stereocenters. The molecule has 0 saturated carbocycles. The van der Waals surface area contributed by atoms with Crippen molar-refractivity contribution in [2.24, 2.45) is 5.72 Å². The van der Waals surface area contributed by atoms with E-state index in [1.165, 1.54) is 6.92 Å². The zero-order valence-electron chi connectivity index (χ0n) is 17.7. The molecular weight excluding hydrogens is 226 g/mol. The molecule has 0 heterocycles. The van der Waals surface area contributed by atoms with Gasteiger partial charge in [0.25, 0.3) is 2.86 Å². The molecule has 0 saturated heterocycles. The Morgan fingerprint density at radius 3 is 3.06 bits per heavy atom. The van der Waals surface area contributed by atoms with Crippen molar-refractivity contribution in [2.75, 3.05) is 6.61 Å². The minimum atomic E-state index is -3.64. The van der Waals surface area contributed by atoms with Crippen LogP contribution in [0.25, 0.3) is 0 Å². The fourth-order valence-electron chi connectivity index (χ4n) is 0.911. The van der Waals surface area contributed by atoms with Crippen LogP contribution in [-0.2, 0) is 9.53 Å². The third-order valence-electron chi connectivity index (χ3n) is 1.68. The molecule has 17 heavy (non-hydrogen) atoms. The van der Waals surface area contributed by atoms with Crippen LogP contribution in [0.4, 0.5) is 0 Å². The highest BCUT2D eigenvalue weighted by Gasteiger charge is 2.25. The highest BCUT2D eigenvalue weighted by molar-refractivity contribution is 5.76. The topological polar surface area (TPSA) is 113 Å². The number of hydrogen-bond donors (Lipinski definition) is 4. The van der Waals surface area contributed by atoms with Crippen LogP contribution in [0.15, 0.2) is 18.1 Å². The van der Waals surface area contributed by atoms with Crippen molar-refractivity contribution in [3.05, 3.63) is 23.7 Å². The quantitative estimate of drug-likeness (QED) is 0.401. The Morgan fingerprint density at radius 1 is 1.71 bits per heavy atom. The largest absolute Gasteiger partial charge is 0.504 e. The fraction of sp³-hybridized carbons (Fsp3) is 0.364. The van der Waals surface area contributed by atoms with Gasteiger partial charge in [0.05, 0.1) is 13.5 Å².